The highest BCUT2D eigenvalue weighted by Crippen LogP contribution is 2.38. The zero-order chi connectivity index (χ0) is 20.3. The van der Waals surface area contributed by atoms with Crippen LogP contribution in [0.25, 0.3) is 0 Å². The highest BCUT2D eigenvalue weighted by molar-refractivity contribution is 9.10. The van der Waals surface area contributed by atoms with Crippen LogP contribution in [0.2, 0.25) is 0 Å². The third-order valence-electron chi connectivity index (χ3n) is 5.29. The minimum absolute atomic E-state index is 0.212. The van der Waals surface area contributed by atoms with Crippen LogP contribution in [-0.4, -0.2) is 32.2 Å². The lowest BCUT2D eigenvalue weighted by molar-refractivity contribution is 0.189. The van der Waals surface area contributed by atoms with Crippen LogP contribution < -0.4 is 20.5 Å². The molecular formula is C22H30BrN3O2. The molecule has 1 heterocycles. The summed E-state index contributed by atoms with van der Waals surface area (Å²) < 4.78 is 12.0. The van der Waals surface area contributed by atoms with Gasteiger partial charge in [0.15, 0.2) is 11.5 Å². The lowest BCUT2D eigenvalue weighted by Crippen LogP contribution is -2.32. The highest BCUT2D eigenvalue weighted by atomic mass is 79.9. The number of benzene rings is 2. The van der Waals surface area contributed by atoms with Gasteiger partial charge in [0, 0.05) is 17.6 Å². The van der Waals surface area contributed by atoms with Crippen molar-refractivity contribution in [2.24, 2.45) is 5.92 Å². The summed E-state index contributed by atoms with van der Waals surface area (Å²) >= 11 is 3.59. The molecule has 0 aliphatic carbocycles. The first-order chi connectivity index (χ1) is 13.4. The largest absolute Gasteiger partial charge is 0.493 e. The molecule has 3 rings (SSSR count). The molecule has 1 unspecified atom stereocenters. The van der Waals surface area contributed by atoms with Crippen molar-refractivity contribution in [3.63, 3.8) is 0 Å². The van der Waals surface area contributed by atoms with Crippen LogP contribution in [0.15, 0.2) is 34.8 Å². The molecule has 0 bridgehead atoms. The highest BCUT2D eigenvalue weighted by Gasteiger charge is 2.27. The smallest absolute Gasteiger partial charge is 0.161 e. The van der Waals surface area contributed by atoms with E-state index < -0.39 is 0 Å². The molecule has 0 spiro atoms. The van der Waals surface area contributed by atoms with E-state index in [1.165, 1.54) is 11.1 Å². The van der Waals surface area contributed by atoms with Gasteiger partial charge < -0.3 is 20.5 Å². The van der Waals surface area contributed by atoms with Crippen LogP contribution in [0.1, 0.15) is 37.4 Å². The number of nitrogen functional groups attached to an aromatic ring is 1. The van der Waals surface area contributed by atoms with Crippen LogP contribution in [0.4, 0.5) is 11.4 Å². The van der Waals surface area contributed by atoms with Crippen molar-refractivity contribution in [1.29, 1.82) is 0 Å². The summed E-state index contributed by atoms with van der Waals surface area (Å²) in [6, 6.07) is 10.5. The fourth-order valence-electron chi connectivity index (χ4n) is 3.73. The molecule has 0 saturated heterocycles. The van der Waals surface area contributed by atoms with Gasteiger partial charge >= 0.3 is 0 Å². The second kappa shape index (κ2) is 9.05. The van der Waals surface area contributed by atoms with E-state index in [0.29, 0.717) is 5.92 Å². The third kappa shape index (κ3) is 4.55. The predicted octanol–water partition coefficient (Wildman–Crippen LogP) is 5.06. The Balaban J connectivity index is 1.97. The molecule has 0 fully saturated rings. The summed E-state index contributed by atoms with van der Waals surface area (Å²) in [5.74, 6) is 2.15. The number of hydrogen-bond donors (Lipinski definition) is 2. The quantitative estimate of drug-likeness (QED) is 0.605. The van der Waals surface area contributed by atoms with Crippen LogP contribution in [0.5, 0.6) is 11.5 Å². The van der Waals surface area contributed by atoms with Crippen molar-refractivity contribution in [3.8, 4) is 11.5 Å². The Morgan fingerprint density at radius 3 is 2.61 bits per heavy atom. The number of fused-ring (bicyclic) bond motifs is 1. The summed E-state index contributed by atoms with van der Waals surface area (Å²) in [7, 11) is 3.34. The fourth-order valence-corrected chi connectivity index (χ4v) is 4.25. The molecule has 0 aromatic heterocycles. The van der Waals surface area contributed by atoms with Gasteiger partial charge in [0.25, 0.3) is 0 Å². The van der Waals surface area contributed by atoms with Crippen molar-refractivity contribution >= 4 is 27.3 Å². The van der Waals surface area contributed by atoms with Gasteiger partial charge in [-0.3, -0.25) is 4.90 Å². The van der Waals surface area contributed by atoms with E-state index in [1.54, 1.807) is 14.2 Å². The van der Waals surface area contributed by atoms with Crippen LogP contribution in [-0.2, 0) is 6.54 Å². The van der Waals surface area contributed by atoms with E-state index in [-0.39, 0.29) is 6.04 Å². The summed E-state index contributed by atoms with van der Waals surface area (Å²) in [6.07, 6.45) is 1.14. The van der Waals surface area contributed by atoms with E-state index in [9.17, 15) is 0 Å². The predicted molar refractivity (Wildman–Crippen MR) is 119 cm³/mol. The molecule has 1 aliphatic rings. The third-order valence-corrected chi connectivity index (χ3v) is 5.75. The van der Waals surface area contributed by atoms with Crippen molar-refractivity contribution in [1.82, 2.24) is 4.90 Å². The maximum Gasteiger partial charge on any atom is 0.161 e. The van der Waals surface area contributed by atoms with E-state index in [0.717, 1.165) is 53.4 Å². The number of ether oxygens (including phenoxy) is 2. The fraction of sp³-hybridized carbons (Fsp3) is 0.455. The molecule has 0 amide bonds. The van der Waals surface area contributed by atoms with Crippen molar-refractivity contribution < 1.29 is 9.47 Å². The minimum Gasteiger partial charge on any atom is -0.493 e. The Morgan fingerprint density at radius 1 is 1.18 bits per heavy atom. The van der Waals surface area contributed by atoms with Gasteiger partial charge in [-0.2, -0.15) is 0 Å². The van der Waals surface area contributed by atoms with Gasteiger partial charge in [0.05, 0.1) is 31.6 Å². The van der Waals surface area contributed by atoms with Crippen molar-refractivity contribution in [2.75, 3.05) is 38.4 Å². The van der Waals surface area contributed by atoms with Crippen LogP contribution >= 0.6 is 15.9 Å². The zero-order valence-electron chi connectivity index (χ0n) is 17.1. The molecule has 1 atom stereocenters. The maximum atomic E-state index is 6.30. The van der Waals surface area contributed by atoms with Crippen LogP contribution in [0, 0.1) is 5.92 Å². The van der Waals surface area contributed by atoms with Gasteiger partial charge in [-0.05, 0) is 54.3 Å². The summed E-state index contributed by atoms with van der Waals surface area (Å²) in [4.78, 5) is 2.53. The Bertz CT molecular complexity index is 826. The SMILES string of the molecule is COc1ccc(C2CNc3c(N)cc(Br)cc3CN2CCC(C)C)cc1OC. The number of nitrogens with two attached hydrogens (primary N) is 1. The molecule has 152 valence electrons. The molecule has 2 aromatic carbocycles. The number of anilines is 2. The molecular weight excluding hydrogens is 418 g/mol. The Hall–Kier alpha value is -1.92. The van der Waals surface area contributed by atoms with Crippen molar-refractivity contribution in [2.45, 2.75) is 32.9 Å². The topological polar surface area (TPSA) is 59.8 Å². The lowest BCUT2D eigenvalue weighted by Gasteiger charge is -2.31. The molecule has 0 radical (unpaired) electrons. The first kappa shape index (κ1) is 20.8. The van der Waals surface area contributed by atoms with Crippen molar-refractivity contribution in [3.05, 3.63) is 45.9 Å². The summed E-state index contributed by atoms with van der Waals surface area (Å²) in [5, 5.41) is 3.59. The number of nitrogens with one attached hydrogen (secondary N) is 1. The van der Waals surface area contributed by atoms with Crippen LogP contribution in [0.3, 0.4) is 0 Å². The molecule has 1 aliphatic heterocycles. The van der Waals surface area contributed by atoms with E-state index >= 15 is 0 Å². The number of nitrogens with zero attached hydrogens (tertiary/aromatic N) is 1. The van der Waals surface area contributed by atoms with Gasteiger partial charge in [0.2, 0.25) is 0 Å². The van der Waals surface area contributed by atoms with Gasteiger partial charge in [-0.15, -0.1) is 0 Å². The number of halogens is 1. The van der Waals surface area contributed by atoms with Gasteiger partial charge in [-0.25, -0.2) is 0 Å². The average molecular weight is 448 g/mol. The number of hydrogen-bond acceptors (Lipinski definition) is 5. The average Bonchev–Trinajstić information content (AvgIpc) is 2.85. The van der Waals surface area contributed by atoms with E-state index in [2.05, 4.69) is 58.2 Å². The molecule has 28 heavy (non-hydrogen) atoms. The molecule has 2 aromatic rings. The minimum atomic E-state index is 0.212. The molecule has 3 N–H and O–H groups in total. The maximum absolute atomic E-state index is 6.30. The standard InChI is InChI=1S/C22H30BrN3O2/c1-14(2)7-8-26-13-16-9-17(23)11-18(24)22(16)25-12-19(26)15-5-6-20(27-3)21(10-15)28-4/h5-6,9-11,14,19,25H,7-8,12-13,24H2,1-4H3. The van der Waals surface area contributed by atoms with Gasteiger partial charge in [0.1, 0.15) is 0 Å². The molecule has 0 saturated carbocycles. The molecule has 5 nitrogen and oxygen atoms in total. The Kier molecular flexibility index (Phi) is 6.73. The van der Waals surface area contributed by atoms with Gasteiger partial charge in [-0.1, -0.05) is 35.8 Å². The van der Waals surface area contributed by atoms with E-state index in [1.807, 2.05) is 12.1 Å². The Labute approximate surface area is 176 Å². The zero-order valence-corrected chi connectivity index (χ0v) is 18.7. The lowest BCUT2D eigenvalue weighted by atomic mass is 10.0. The monoisotopic (exact) mass is 447 g/mol. The first-order valence-electron chi connectivity index (χ1n) is 9.70. The summed E-state index contributed by atoms with van der Waals surface area (Å²) in [5.41, 5.74) is 10.5. The van der Waals surface area contributed by atoms with E-state index in [4.69, 9.17) is 15.2 Å². The molecule has 6 heteroatoms. The normalized spacial score (nSPS) is 17.0. The number of methoxy groups -OCH3 is 2. The Morgan fingerprint density at radius 2 is 1.93 bits per heavy atom. The second-order valence-electron chi connectivity index (χ2n) is 7.69. The second-order valence-corrected chi connectivity index (χ2v) is 8.61. The summed E-state index contributed by atoms with van der Waals surface area (Å²) in [6.45, 7) is 7.18. The number of rotatable bonds is 6. The first-order valence-corrected chi connectivity index (χ1v) is 10.5.